The third-order valence-corrected chi connectivity index (χ3v) is 3.98. The normalized spacial score (nSPS) is 12.9. The van der Waals surface area contributed by atoms with Crippen LogP contribution in [-0.4, -0.2) is 14.7 Å². The van der Waals surface area contributed by atoms with Gasteiger partial charge in [0.15, 0.2) is 9.84 Å². The lowest BCUT2D eigenvalue weighted by Gasteiger charge is -2.13. The lowest BCUT2D eigenvalue weighted by Crippen LogP contribution is -2.06. The third kappa shape index (κ3) is 3.37. The van der Waals surface area contributed by atoms with Gasteiger partial charge >= 0.3 is 0 Å². The van der Waals surface area contributed by atoms with E-state index in [0.29, 0.717) is 11.5 Å². The Hall–Kier alpha value is -1.85. The summed E-state index contributed by atoms with van der Waals surface area (Å²) in [7, 11) is -3.25. The maximum Gasteiger partial charge on any atom is 0.175 e. The quantitative estimate of drug-likeness (QED) is 0.940. The summed E-state index contributed by atoms with van der Waals surface area (Å²) < 4.78 is 28.8. The van der Waals surface area contributed by atoms with Crippen molar-refractivity contribution in [2.45, 2.75) is 17.9 Å². The van der Waals surface area contributed by atoms with E-state index >= 15 is 0 Å². The molecule has 106 valence electrons. The summed E-state index contributed by atoms with van der Waals surface area (Å²) in [5.41, 5.74) is 6.76. The van der Waals surface area contributed by atoms with Crippen molar-refractivity contribution in [3.8, 4) is 11.5 Å². The molecule has 2 aromatic rings. The van der Waals surface area contributed by atoms with E-state index < -0.39 is 9.84 Å². The molecule has 0 heterocycles. The van der Waals surface area contributed by atoms with Crippen molar-refractivity contribution < 1.29 is 13.2 Å². The molecular weight excluding hydrogens is 274 g/mol. The van der Waals surface area contributed by atoms with Crippen LogP contribution >= 0.6 is 0 Å². The second kappa shape index (κ2) is 5.64. The maximum atomic E-state index is 11.5. The molecule has 2 N–H and O–H groups in total. The Morgan fingerprint density at radius 2 is 1.80 bits per heavy atom. The highest BCUT2D eigenvalue weighted by molar-refractivity contribution is 7.90. The molecule has 0 saturated heterocycles. The number of sulfone groups is 1. The van der Waals surface area contributed by atoms with Gasteiger partial charge in [-0.25, -0.2) is 8.42 Å². The predicted molar refractivity (Wildman–Crippen MR) is 78.7 cm³/mol. The molecule has 0 aromatic heterocycles. The highest BCUT2D eigenvalue weighted by Gasteiger charge is 2.11. The fourth-order valence-corrected chi connectivity index (χ4v) is 2.50. The Morgan fingerprint density at radius 3 is 2.45 bits per heavy atom. The molecule has 0 amide bonds. The zero-order valence-corrected chi connectivity index (χ0v) is 12.2. The first kappa shape index (κ1) is 14.6. The molecule has 5 heteroatoms. The number of hydrogen-bond acceptors (Lipinski definition) is 4. The zero-order chi connectivity index (χ0) is 14.8. The molecule has 0 bridgehead atoms. The Kier molecular flexibility index (Phi) is 4.11. The number of nitrogens with two attached hydrogens (primary N) is 1. The molecular formula is C15H17NO3S. The van der Waals surface area contributed by atoms with Gasteiger partial charge in [-0.15, -0.1) is 0 Å². The van der Waals surface area contributed by atoms with Crippen LogP contribution in [0.25, 0.3) is 0 Å². The van der Waals surface area contributed by atoms with Gasteiger partial charge < -0.3 is 10.5 Å². The first-order valence-electron chi connectivity index (χ1n) is 6.20. The smallest absolute Gasteiger partial charge is 0.175 e. The van der Waals surface area contributed by atoms with E-state index in [0.717, 1.165) is 5.56 Å². The van der Waals surface area contributed by atoms with Crippen LogP contribution in [0.3, 0.4) is 0 Å². The molecule has 2 aromatic carbocycles. The van der Waals surface area contributed by atoms with Gasteiger partial charge in [-0.1, -0.05) is 24.3 Å². The summed E-state index contributed by atoms with van der Waals surface area (Å²) in [5, 5.41) is 0. The maximum absolute atomic E-state index is 11.5. The summed E-state index contributed by atoms with van der Waals surface area (Å²) in [5.74, 6) is 1.11. The van der Waals surface area contributed by atoms with Gasteiger partial charge in [0.05, 0.1) is 4.90 Å². The van der Waals surface area contributed by atoms with E-state index in [1.807, 2.05) is 31.2 Å². The molecule has 1 atom stereocenters. The van der Waals surface area contributed by atoms with Crippen molar-refractivity contribution in [2.75, 3.05) is 6.26 Å². The molecule has 2 rings (SSSR count). The average molecular weight is 291 g/mol. The molecule has 0 fully saturated rings. The number of ether oxygens (including phenoxy) is 1. The molecule has 0 aliphatic heterocycles. The van der Waals surface area contributed by atoms with Gasteiger partial charge in [0.1, 0.15) is 11.5 Å². The van der Waals surface area contributed by atoms with Gasteiger partial charge in [-0.3, -0.25) is 0 Å². The van der Waals surface area contributed by atoms with E-state index in [1.54, 1.807) is 18.2 Å². The summed E-state index contributed by atoms with van der Waals surface area (Å²) in [6.45, 7) is 1.87. The lowest BCUT2D eigenvalue weighted by atomic mass is 10.1. The van der Waals surface area contributed by atoms with Crippen molar-refractivity contribution in [1.29, 1.82) is 0 Å². The summed E-state index contributed by atoms with van der Waals surface area (Å²) in [6, 6.07) is 13.7. The van der Waals surface area contributed by atoms with Crippen molar-refractivity contribution in [3.05, 3.63) is 54.1 Å². The second-order valence-electron chi connectivity index (χ2n) is 4.68. The summed E-state index contributed by atoms with van der Waals surface area (Å²) in [6.07, 6.45) is 1.17. The van der Waals surface area contributed by atoms with Crippen LogP contribution in [0.1, 0.15) is 18.5 Å². The molecule has 20 heavy (non-hydrogen) atoms. The summed E-state index contributed by atoms with van der Waals surface area (Å²) in [4.78, 5) is 0.230. The highest BCUT2D eigenvalue weighted by atomic mass is 32.2. The first-order chi connectivity index (χ1) is 9.38. The molecule has 4 nitrogen and oxygen atoms in total. The van der Waals surface area contributed by atoms with Crippen LogP contribution in [0.2, 0.25) is 0 Å². The highest BCUT2D eigenvalue weighted by Crippen LogP contribution is 2.29. The van der Waals surface area contributed by atoms with Gasteiger partial charge in [-0.05, 0) is 31.2 Å². The number of rotatable bonds is 4. The van der Waals surface area contributed by atoms with Gasteiger partial charge in [0.2, 0.25) is 0 Å². The Balaban J connectivity index is 2.36. The third-order valence-electron chi connectivity index (χ3n) is 2.87. The topological polar surface area (TPSA) is 69.4 Å². The van der Waals surface area contributed by atoms with Crippen LogP contribution in [0.5, 0.6) is 11.5 Å². The lowest BCUT2D eigenvalue weighted by molar-refractivity contribution is 0.470. The SMILES string of the molecule is C[C@H](N)c1ccccc1Oc1cccc(S(C)(=O)=O)c1. The van der Waals surface area contributed by atoms with Crippen LogP contribution in [0, 0.1) is 0 Å². The Bertz CT molecular complexity index is 709. The molecule has 0 aliphatic rings. The van der Waals surface area contributed by atoms with E-state index in [1.165, 1.54) is 12.3 Å². The number of benzene rings is 2. The molecule has 0 radical (unpaired) electrons. The van der Waals surface area contributed by atoms with E-state index in [4.69, 9.17) is 10.5 Å². The largest absolute Gasteiger partial charge is 0.457 e. The fraction of sp³-hybridized carbons (Fsp3) is 0.200. The van der Waals surface area contributed by atoms with Crippen LogP contribution in [0.4, 0.5) is 0 Å². The minimum Gasteiger partial charge on any atom is -0.457 e. The van der Waals surface area contributed by atoms with Crippen LogP contribution in [0.15, 0.2) is 53.4 Å². The van der Waals surface area contributed by atoms with E-state index in [-0.39, 0.29) is 10.9 Å². The van der Waals surface area contributed by atoms with Crippen molar-refractivity contribution in [1.82, 2.24) is 0 Å². The molecule has 0 unspecified atom stereocenters. The number of hydrogen-bond donors (Lipinski definition) is 1. The first-order valence-corrected chi connectivity index (χ1v) is 8.09. The Labute approximate surface area is 119 Å². The van der Waals surface area contributed by atoms with Gasteiger partial charge in [-0.2, -0.15) is 0 Å². The van der Waals surface area contributed by atoms with Gasteiger partial charge in [0, 0.05) is 17.9 Å². The van der Waals surface area contributed by atoms with Crippen molar-refractivity contribution in [2.24, 2.45) is 5.73 Å². The van der Waals surface area contributed by atoms with Crippen molar-refractivity contribution in [3.63, 3.8) is 0 Å². The minimum absolute atomic E-state index is 0.163. The monoisotopic (exact) mass is 291 g/mol. The molecule has 0 saturated carbocycles. The van der Waals surface area contributed by atoms with Gasteiger partial charge in [0.25, 0.3) is 0 Å². The summed E-state index contributed by atoms with van der Waals surface area (Å²) >= 11 is 0. The predicted octanol–water partition coefficient (Wildman–Crippen LogP) is 2.90. The zero-order valence-electron chi connectivity index (χ0n) is 11.4. The minimum atomic E-state index is -3.25. The van der Waals surface area contributed by atoms with Crippen LogP contribution in [-0.2, 0) is 9.84 Å². The van der Waals surface area contributed by atoms with Crippen molar-refractivity contribution >= 4 is 9.84 Å². The second-order valence-corrected chi connectivity index (χ2v) is 6.69. The van der Waals surface area contributed by atoms with E-state index in [9.17, 15) is 8.42 Å². The average Bonchev–Trinajstić information content (AvgIpc) is 2.38. The molecule has 0 spiro atoms. The van der Waals surface area contributed by atoms with E-state index in [2.05, 4.69) is 0 Å². The standard InChI is InChI=1S/C15H17NO3S/c1-11(16)14-8-3-4-9-15(14)19-12-6-5-7-13(10-12)20(2,17)18/h3-11H,16H2,1-2H3/t11-/m0/s1. The van der Waals surface area contributed by atoms with Crippen LogP contribution < -0.4 is 10.5 Å². The number of para-hydroxylation sites is 1. The Morgan fingerprint density at radius 1 is 1.10 bits per heavy atom. The molecule has 0 aliphatic carbocycles. The fourth-order valence-electron chi connectivity index (χ4n) is 1.84.